The Hall–Kier alpha value is -2.93. The molecule has 152 valence electrons. The van der Waals surface area contributed by atoms with Gasteiger partial charge in [0.2, 0.25) is 0 Å². The van der Waals surface area contributed by atoms with Gasteiger partial charge in [-0.2, -0.15) is 0 Å². The van der Waals surface area contributed by atoms with E-state index in [0.717, 1.165) is 0 Å². The summed E-state index contributed by atoms with van der Waals surface area (Å²) in [4.78, 5) is 0. The van der Waals surface area contributed by atoms with Gasteiger partial charge in [-0.15, -0.1) is 0 Å². The first-order valence-corrected chi connectivity index (χ1v) is 12.4. The molecule has 0 atom stereocenters. The standard InChI is InChI=1S/C29H26NSe/c1-29(2)24-16-8-9-17-25(24)30(3)28(29)19-11-14-22-20-27(21-12-5-4-6-13-21)31-26-18-10-7-15-23(22)26/h4-20H,1-3H3/q+1/b19-11+,22-14+. The number of benzene rings is 3. The normalized spacial score (nSPS) is 18.3. The quantitative estimate of drug-likeness (QED) is 0.343. The van der Waals surface area contributed by atoms with Crippen molar-refractivity contribution in [3.05, 3.63) is 120 Å². The van der Waals surface area contributed by atoms with Gasteiger partial charge >= 0.3 is 192 Å². The molecule has 0 aromatic heterocycles. The third-order valence-electron chi connectivity index (χ3n) is 6.23. The summed E-state index contributed by atoms with van der Waals surface area (Å²) in [5.41, 5.74) is 7.99. The second-order valence-corrected chi connectivity index (χ2v) is 10.8. The van der Waals surface area contributed by atoms with Crippen molar-refractivity contribution in [3.63, 3.8) is 0 Å². The molecule has 0 saturated carbocycles. The van der Waals surface area contributed by atoms with Crippen LogP contribution in [0.3, 0.4) is 0 Å². The minimum atomic E-state index is -0.00102. The van der Waals surface area contributed by atoms with Gasteiger partial charge in [-0.3, -0.25) is 0 Å². The number of para-hydroxylation sites is 1. The molecular weight excluding hydrogens is 441 g/mol. The van der Waals surface area contributed by atoms with E-state index in [2.05, 4.69) is 129 Å². The summed E-state index contributed by atoms with van der Waals surface area (Å²) in [5.74, 6) is 0. The molecule has 0 unspecified atom stereocenters. The van der Waals surface area contributed by atoms with Gasteiger partial charge in [-0.25, -0.2) is 0 Å². The van der Waals surface area contributed by atoms with Crippen LogP contribution in [0.15, 0.2) is 103 Å². The van der Waals surface area contributed by atoms with Crippen LogP contribution in [0, 0.1) is 0 Å². The molecule has 2 heterocycles. The Morgan fingerprint density at radius 2 is 1.55 bits per heavy atom. The van der Waals surface area contributed by atoms with Gasteiger partial charge in [-0.05, 0) is 0 Å². The summed E-state index contributed by atoms with van der Waals surface area (Å²) < 4.78 is 5.22. The zero-order chi connectivity index (χ0) is 21.4. The maximum absolute atomic E-state index is 2.38. The molecule has 0 radical (unpaired) electrons. The molecule has 31 heavy (non-hydrogen) atoms. The first-order chi connectivity index (χ1) is 15.1. The fourth-order valence-corrected chi connectivity index (χ4v) is 6.94. The Morgan fingerprint density at radius 1 is 0.839 bits per heavy atom. The Morgan fingerprint density at radius 3 is 2.35 bits per heavy atom. The molecule has 0 saturated heterocycles. The third kappa shape index (κ3) is 3.57. The summed E-state index contributed by atoms with van der Waals surface area (Å²) in [5, 5.41) is 0. The van der Waals surface area contributed by atoms with Gasteiger partial charge in [-0.1, -0.05) is 0 Å². The second-order valence-electron chi connectivity index (χ2n) is 8.54. The van der Waals surface area contributed by atoms with E-state index in [-0.39, 0.29) is 5.41 Å². The number of allylic oxidation sites excluding steroid dienone is 5. The van der Waals surface area contributed by atoms with Crippen LogP contribution in [0.25, 0.3) is 10.0 Å². The Balaban J connectivity index is 1.54. The van der Waals surface area contributed by atoms with E-state index in [9.17, 15) is 0 Å². The molecule has 2 heteroatoms. The molecule has 0 fully saturated rings. The van der Waals surface area contributed by atoms with E-state index in [4.69, 9.17) is 0 Å². The molecule has 0 spiro atoms. The average Bonchev–Trinajstić information content (AvgIpc) is 3.00. The number of hydrogen-bond donors (Lipinski definition) is 0. The molecule has 5 rings (SSSR count). The molecule has 0 amide bonds. The van der Waals surface area contributed by atoms with Crippen LogP contribution in [0.5, 0.6) is 0 Å². The van der Waals surface area contributed by atoms with Gasteiger partial charge in [0, 0.05) is 0 Å². The monoisotopic (exact) mass is 468 g/mol. The summed E-state index contributed by atoms with van der Waals surface area (Å²) in [7, 11) is 2.17. The van der Waals surface area contributed by atoms with Crippen molar-refractivity contribution < 1.29 is 4.58 Å². The van der Waals surface area contributed by atoms with Gasteiger partial charge in [0.15, 0.2) is 0 Å². The van der Waals surface area contributed by atoms with Crippen molar-refractivity contribution in [2.45, 2.75) is 19.3 Å². The fourth-order valence-electron chi connectivity index (χ4n) is 4.59. The SMILES string of the molecule is C[N+]1=C(/C=C/C=C2\C=C(c3ccccc3)[Se]c3ccccc32)C(C)(C)c2ccccc21. The van der Waals surface area contributed by atoms with Gasteiger partial charge in [0.05, 0.1) is 0 Å². The first kappa shape index (κ1) is 20.0. The second kappa shape index (κ2) is 7.96. The Kier molecular flexibility index (Phi) is 5.14. The van der Waals surface area contributed by atoms with Crippen LogP contribution in [-0.4, -0.2) is 32.3 Å². The predicted octanol–water partition coefficient (Wildman–Crippen LogP) is 5.72. The molecular formula is C29H26NSe+. The van der Waals surface area contributed by atoms with Crippen LogP contribution in [-0.2, 0) is 5.41 Å². The van der Waals surface area contributed by atoms with Crippen LogP contribution in [0.2, 0.25) is 0 Å². The molecule has 3 aromatic rings. The van der Waals surface area contributed by atoms with E-state index in [1.165, 1.54) is 42.6 Å². The van der Waals surface area contributed by atoms with Gasteiger partial charge < -0.3 is 0 Å². The summed E-state index contributed by atoms with van der Waals surface area (Å²) in [6.07, 6.45) is 9.16. The molecule has 0 N–H and O–H groups in total. The number of nitrogens with zero attached hydrogens (tertiary/aromatic N) is 1. The molecule has 0 aliphatic carbocycles. The summed E-state index contributed by atoms with van der Waals surface area (Å²) in [6.45, 7) is 4.63. The third-order valence-corrected chi connectivity index (χ3v) is 8.64. The van der Waals surface area contributed by atoms with Crippen molar-refractivity contribution in [2.24, 2.45) is 0 Å². The van der Waals surface area contributed by atoms with Crippen molar-refractivity contribution in [1.82, 2.24) is 0 Å². The van der Waals surface area contributed by atoms with Gasteiger partial charge in [0.25, 0.3) is 0 Å². The summed E-state index contributed by atoms with van der Waals surface area (Å²) in [6, 6.07) is 28.3. The van der Waals surface area contributed by atoms with Crippen molar-refractivity contribution in [3.8, 4) is 0 Å². The molecule has 3 aromatic carbocycles. The molecule has 2 aliphatic heterocycles. The van der Waals surface area contributed by atoms with E-state index in [1.54, 1.807) is 0 Å². The van der Waals surface area contributed by atoms with E-state index in [0.29, 0.717) is 15.0 Å². The van der Waals surface area contributed by atoms with E-state index < -0.39 is 0 Å². The van der Waals surface area contributed by atoms with Crippen molar-refractivity contribution in [1.29, 1.82) is 0 Å². The topological polar surface area (TPSA) is 3.01 Å². The van der Waals surface area contributed by atoms with Crippen molar-refractivity contribution >= 4 is 40.9 Å². The number of hydrogen-bond acceptors (Lipinski definition) is 0. The minimum absolute atomic E-state index is 0.00102. The fraction of sp³-hybridized carbons (Fsp3) is 0.138. The number of rotatable bonds is 3. The number of fused-ring (bicyclic) bond motifs is 2. The molecule has 2 aliphatic rings. The summed E-state index contributed by atoms with van der Waals surface area (Å²) >= 11 is 0.322. The average molecular weight is 467 g/mol. The molecule has 0 bridgehead atoms. The van der Waals surface area contributed by atoms with Crippen LogP contribution >= 0.6 is 0 Å². The first-order valence-electron chi connectivity index (χ1n) is 10.7. The van der Waals surface area contributed by atoms with Crippen LogP contribution in [0.4, 0.5) is 5.69 Å². The van der Waals surface area contributed by atoms with Crippen molar-refractivity contribution in [2.75, 3.05) is 7.05 Å². The van der Waals surface area contributed by atoms with Crippen LogP contribution < -0.4 is 4.46 Å². The zero-order valence-corrected chi connectivity index (χ0v) is 19.9. The Bertz CT molecular complexity index is 1270. The Labute approximate surface area is 191 Å². The van der Waals surface area contributed by atoms with Gasteiger partial charge in [0.1, 0.15) is 0 Å². The predicted molar refractivity (Wildman–Crippen MR) is 134 cm³/mol. The van der Waals surface area contributed by atoms with Crippen LogP contribution in [0.1, 0.15) is 30.5 Å². The van der Waals surface area contributed by atoms with E-state index >= 15 is 0 Å². The maximum atomic E-state index is 2.38. The van der Waals surface area contributed by atoms with E-state index in [1.807, 2.05) is 0 Å². The zero-order valence-electron chi connectivity index (χ0n) is 18.2. The molecule has 1 nitrogen and oxygen atoms in total.